The third-order valence-corrected chi connectivity index (χ3v) is 11.4. The minimum Gasteiger partial charge on any atom is -0.491 e. The van der Waals surface area contributed by atoms with E-state index in [-0.39, 0.29) is 37.2 Å². The number of hydrogen-bond acceptors (Lipinski definition) is 8. The van der Waals surface area contributed by atoms with Gasteiger partial charge in [0.15, 0.2) is 0 Å². The molecule has 6 unspecified atom stereocenters. The predicted octanol–water partition coefficient (Wildman–Crippen LogP) is 3.76. The molecule has 4 aliphatic rings. The molecule has 2 heterocycles. The van der Waals surface area contributed by atoms with Crippen molar-refractivity contribution in [3.63, 3.8) is 0 Å². The molecule has 2 aliphatic carbocycles. The fourth-order valence-electron chi connectivity index (χ4n) is 9.17. The lowest BCUT2D eigenvalue weighted by Crippen LogP contribution is -2.53. The summed E-state index contributed by atoms with van der Waals surface area (Å²) in [5.41, 5.74) is 1.21. The summed E-state index contributed by atoms with van der Waals surface area (Å²) < 4.78 is 6.09. The highest BCUT2D eigenvalue weighted by atomic mass is 35.5. The molecule has 3 N–H and O–H groups in total. The molecule has 8 rings (SSSR count). The van der Waals surface area contributed by atoms with E-state index in [1.165, 1.54) is 17.0 Å². The topological polar surface area (TPSA) is 145 Å². The van der Waals surface area contributed by atoms with Gasteiger partial charge in [0.05, 0.1) is 41.2 Å². The second-order valence-electron chi connectivity index (χ2n) is 13.7. The van der Waals surface area contributed by atoms with E-state index < -0.39 is 65.8 Å². The Hall–Kier alpha value is -5.07. The minimum atomic E-state index is -1.80. The quantitative estimate of drug-likeness (QED) is 0.142. The van der Waals surface area contributed by atoms with E-state index in [4.69, 9.17) is 16.3 Å². The largest absolute Gasteiger partial charge is 0.491 e. The van der Waals surface area contributed by atoms with Crippen LogP contribution in [0.4, 0.5) is 11.4 Å². The van der Waals surface area contributed by atoms with Crippen LogP contribution in [0.1, 0.15) is 29.9 Å². The number of aliphatic hydroxyl groups excluding tert-OH is 1. The second-order valence-corrected chi connectivity index (χ2v) is 14.1. The summed E-state index contributed by atoms with van der Waals surface area (Å²) in [4.78, 5) is 61.4. The van der Waals surface area contributed by atoms with Crippen molar-refractivity contribution in [2.24, 2.45) is 23.7 Å². The second kappa shape index (κ2) is 13.2. The summed E-state index contributed by atoms with van der Waals surface area (Å²) in [6, 6.07) is 29.1. The van der Waals surface area contributed by atoms with E-state index in [9.17, 15) is 29.5 Å². The molecule has 1 saturated carbocycles. The van der Waals surface area contributed by atoms with Gasteiger partial charge in [-0.3, -0.25) is 24.1 Å². The van der Waals surface area contributed by atoms with Crippen LogP contribution >= 0.6 is 11.6 Å². The number of carbonyl (C=O) groups is 4. The van der Waals surface area contributed by atoms with E-state index in [1.807, 2.05) is 48.5 Å². The molecule has 0 bridgehead atoms. The van der Waals surface area contributed by atoms with Gasteiger partial charge in [-0.15, -0.1) is 0 Å². The van der Waals surface area contributed by atoms with Crippen LogP contribution in [0.2, 0.25) is 5.02 Å². The first-order chi connectivity index (χ1) is 25.2. The molecular weight excluding hydrogens is 683 g/mol. The highest BCUT2D eigenvalue weighted by Gasteiger charge is 2.70. The van der Waals surface area contributed by atoms with Gasteiger partial charge >= 0.3 is 7.12 Å². The molecule has 262 valence electrons. The van der Waals surface area contributed by atoms with E-state index in [0.717, 1.165) is 10.5 Å². The average Bonchev–Trinajstić information content (AvgIpc) is 3.55. The van der Waals surface area contributed by atoms with Gasteiger partial charge < -0.3 is 19.9 Å². The zero-order chi connectivity index (χ0) is 36.3. The molecule has 2 aliphatic heterocycles. The SMILES string of the molecule is O=C1C2CC=C3C(CC4C(=O)N(c5cccc(Cl)c5)C(=O)C4(c4ccccc4)C3c3ccccc3OCCO)C2C(=O)N1c1cccc(B(O)O)c1. The number of nitrogens with zero attached hydrogens (tertiary/aromatic N) is 2. The van der Waals surface area contributed by atoms with Crippen molar-refractivity contribution in [2.75, 3.05) is 23.0 Å². The summed E-state index contributed by atoms with van der Waals surface area (Å²) in [5, 5.41) is 29.7. The minimum absolute atomic E-state index is 0.0102. The van der Waals surface area contributed by atoms with E-state index in [1.54, 1.807) is 48.5 Å². The van der Waals surface area contributed by atoms with Crippen LogP contribution in [0.5, 0.6) is 5.75 Å². The Balaban J connectivity index is 1.34. The van der Waals surface area contributed by atoms with E-state index in [0.29, 0.717) is 27.6 Å². The van der Waals surface area contributed by atoms with Crippen molar-refractivity contribution in [3.05, 3.63) is 131 Å². The van der Waals surface area contributed by atoms with Crippen LogP contribution in [0.3, 0.4) is 0 Å². The first-order valence-electron chi connectivity index (χ1n) is 17.2. The number of ether oxygens (including phenoxy) is 1. The number of anilines is 2. The summed E-state index contributed by atoms with van der Waals surface area (Å²) in [6.07, 6.45) is 2.29. The number of aliphatic hydroxyl groups is 1. The Kier molecular flexibility index (Phi) is 8.62. The number of para-hydroxylation sites is 1. The molecule has 52 heavy (non-hydrogen) atoms. The van der Waals surface area contributed by atoms with E-state index in [2.05, 4.69) is 0 Å². The molecule has 3 fully saturated rings. The van der Waals surface area contributed by atoms with Gasteiger partial charge in [-0.1, -0.05) is 90.0 Å². The van der Waals surface area contributed by atoms with Gasteiger partial charge in [0.25, 0.3) is 0 Å². The Morgan fingerprint density at radius 2 is 1.50 bits per heavy atom. The fourth-order valence-corrected chi connectivity index (χ4v) is 9.36. The summed E-state index contributed by atoms with van der Waals surface area (Å²) >= 11 is 6.40. The zero-order valence-electron chi connectivity index (χ0n) is 27.8. The molecule has 6 atom stereocenters. The summed E-state index contributed by atoms with van der Waals surface area (Å²) in [7, 11) is -1.80. The molecular formula is C40H34BClN2O8. The van der Waals surface area contributed by atoms with Crippen LogP contribution in [-0.2, 0) is 24.6 Å². The van der Waals surface area contributed by atoms with Crippen LogP contribution in [0.25, 0.3) is 0 Å². The Labute approximate surface area is 305 Å². The van der Waals surface area contributed by atoms with Gasteiger partial charge in [-0.2, -0.15) is 0 Å². The Morgan fingerprint density at radius 3 is 2.23 bits per heavy atom. The van der Waals surface area contributed by atoms with Crippen LogP contribution < -0.4 is 20.0 Å². The number of rotatable bonds is 8. The number of halogens is 1. The Morgan fingerprint density at radius 1 is 0.788 bits per heavy atom. The smallest absolute Gasteiger partial charge is 0.488 e. The van der Waals surface area contributed by atoms with Gasteiger partial charge in [0.2, 0.25) is 23.6 Å². The molecule has 4 aromatic rings. The zero-order valence-corrected chi connectivity index (χ0v) is 28.6. The fraction of sp³-hybridized carbons (Fsp3) is 0.250. The molecule has 4 aromatic carbocycles. The van der Waals surface area contributed by atoms with Crippen LogP contribution in [-0.4, -0.2) is 59.1 Å². The van der Waals surface area contributed by atoms with Crippen molar-refractivity contribution < 1.29 is 39.1 Å². The molecule has 4 amide bonds. The first-order valence-corrected chi connectivity index (χ1v) is 17.6. The standard InChI is InChI=1S/C40H34BClN2O8/c42-25-11-7-13-27(21-25)44-37(47)32-22-31-28(16-17-30-34(31)38(48)43(36(30)46)26-12-6-10-24(20-26)41(50)51)35(29-14-4-5-15-33(29)52-19-18-45)40(32,39(44)49)23-8-2-1-3-9-23/h1-16,20-21,30-32,34-35,45,50-51H,17-19,22H2. The van der Waals surface area contributed by atoms with Crippen molar-refractivity contribution in [2.45, 2.75) is 24.2 Å². The molecule has 10 nitrogen and oxygen atoms in total. The maximum absolute atomic E-state index is 15.4. The third-order valence-electron chi connectivity index (χ3n) is 11.2. The number of amides is 4. The van der Waals surface area contributed by atoms with Crippen molar-refractivity contribution >= 4 is 59.2 Å². The molecule has 2 saturated heterocycles. The lowest BCUT2D eigenvalue weighted by molar-refractivity contribution is -0.127. The number of carbonyl (C=O) groups excluding carboxylic acids is 4. The Bertz CT molecular complexity index is 2140. The maximum atomic E-state index is 15.4. The molecule has 0 spiro atoms. The molecule has 0 aromatic heterocycles. The van der Waals surface area contributed by atoms with E-state index >= 15 is 4.79 Å². The normalized spacial score (nSPS) is 26.5. The van der Waals surface area contributed by atoms with Crippen LogP contribution in [0.15, 0.2) is 115 Å². The number of imide groups is 2. The number of fused-ring (bicyclic) bond motifs is 4. The number of hydrogen-bond donors (Lipinski definition) is 3. The van der Waals surface area contributed by atoms with Crippen molar-refractivity contribution in [1.29, 1.82) is 0 Å². The van der Waals surface area contributed by atoms with Crippen molar-refractivity contribution in [1.82, 2.24) is 0 Å². The monoisotopic (exact) mass is 716 g/mol. The lowest BCUT2D eigenvalue weighted by Gasteiger charge is -2.51. The summed E-state index contributed by atoms with van der Waals surface area (Å²) in [5.74, 6) is -5.25. The number of allylic oxidation sites excluding steroid dienone is 2. The third kappa shape index (κ3) is 5.06. The maximum Gasteiger partial charge on any atom is 0.488 e. The summed E-state index contributed by atoms with van der Waals surface area (Å²) in [6.45, 7) is -0.259. The predicted molar refractivity (Wildman–Crippen MR) is 194 cm³/mol. The average molecular weight is 717 g/mol. The van der Waals surface area contributed by atoms with Crippen LogP contribution in [0, 0.1) is 23.7 Å². The van der Waals surface area contributed by atoms with Crippen molar-refractivity contribution in [3.8, 4) is 5.75 Å². The lowest BCUT2D eigenvalue weighted by atomic mass is 9.49. The highest BCUT2D eigenvalue weighted by Crippen LogP contribution is 2.65. The number of benzene rings is 4. The van der Waals surface area contributed by atoms with Gasteiger partial charge in [-0.05, 0) is 66.2 Å². The van der Waals surface area contributed by atoms with Gasteiger partial charge in [0.1, 0.15) is 12.4 Å². The first kappa shape index (κ1) is 34.0. The van der Waals surface area contributed by atoms with Gasteiger partial charge in [0, 0.05) is 16.5 Å². The van der Waals surface area contributed by atoms with Gasteiger partial charge in [-0.25, -0.2) is 4.90 Å². The molecule has 12 heteroatoms. The molecule has 0 radical (unpaired) electrons. The highest BCUT2D eigenvalue weighted by molar-refractivity contribution is 6.58.